The van der Waals surface area contributed by atoms with Gasteiger partial charge in [-0.15, -0.1) is 0 Å². The lowest BCUT2D eigenvalue weighted by molar-refractivity contribution is 0.0899. The van der Waals surface area contributed by atoms with Crippen molar-refractivity contribution in [3.05, 3.63) is 101 Å². The van der Waals surface area contributed by atoms with E-state index in [1.54, 1.807) is 21.3 Å². The number of anilines is 2. The number of para-hydroxylation sites is 1. The molecule has 0 aliphatic rings. The van der Waals surface area contributed by atoms with Gasteiger partial charge in [0.25, 0.3) is 5.56 Å². The first-order valence-electron chi connectivity index (χ1n) is 14.9. The molecule has 232 valence electrons. The molecule has 10 nitrogen and oxygen atoms in total. The molecule has 0 aliphatic carbocycles. The molecular weight excluding hydrogens is 588 g/mol. The zero-order valence-corrected chi connectivity index (χ0v) is 27.1. The average molecular weight is 625 g/mol. The van der Waals surface area contributed by atoms with E-state index in [-0.39, 0.29) is 12.3 Å². The molecule has 1 unspecified atom stereocenters. The highest BCUT2D eigenvalue weighted by Crippen LogP contribution is 2.36. The van der Waals surface area contributed by atoms with Crippen LogP contribution in [0.2, 0.25) is 25.7 Å². The molecule has 6 rings (SSSR count). The third kappa shape index (κ3) is 6.11. The second-order valence-electron chi connectivity index (χ2n) is 12.5. The van der Waals surface area contributed by atoms with Crippen LogP contribution in [0.15, 0.2) is 78.1 Å². The lowest BCUT2D eigenvalue weighted by Gasteiger charge is -2.20. The quantitative estimate of drug-likeness (QED) is 0.103. The molecule has 0 spiro atoms. The summed E-state index contributed by atoms with van der Waals surface area (Å²) in [7, 11) is -1.28. The first-order chi connectivity index (χ1) is 21.5. The summed E-state index contributed by atoms with van der Waals surface area (Å²) in [6, 6.07) is 16.3. The zero-order valence-electron chi connectivity index (χ0n) is 26.1. The van der Waals surface area contributed by atoms with Gasteiger partial charge in [-0.25, -0.2) is 18.9 Å². The van der Waals surface area contributed by atoms with Crippen molar-refractivity contribution >= 4 is 36.1 Å². The minimum absolute atomic E-state index is 0.173. The van der Waals surface area contributed by atoms with E-state index in [1.807, 2.05) is 61.0 Å². The molecule has 4 heterocycles. The Balaban J connectivity index is 1.46. The highest BCUT2D eigenvalue weighted by Gasteiger charge is 2.23. The summed E-state index contributed by atoms with van der Waals surface area (Å²) in [5.41, 5.74) is 10.2. The fourth-order valence-electron chi connectivity index (χ4n) is 5.47. The Morgan fingerprint density at radius 3 is 2.60 bits per heavy atom. The van der Waals surface area contributed by atoms with E-state index in [9.17, 15) is 9.18 Å². The van der Waals surface area contributed by atoms with Gasteiger partial charge in [0.15, 0.2) is 5.82 Å². The van der Waals surface area contributed by atoms with Crippen LogP contribution in [0.1, 0.15) is 24.4 Å². The van der Waals surface area contributed by atoms with E-state index in [0.29, 0.717) is 57.3 Å². The summed E-state index contributed by atoms with van der Waals surface area (Å²) in [5, 5.41) is 9.04. The van der Waals surface area contributed by atoms with Crippen molar-refractivity contribution in [1.82, 2.24) is 28.7 Å². The molecule has 4 aromatic heterocycles. The number of fused-ring (bicyclic) bond motifs is 2. The Morgan fingerprint density at radius 1 is 1.09 bits per heavy atom. The Bertz CT molecular complexity index is 2040. The number of nitrogen functional groups attached to an aromatic ring is 1. The largest absolute Gasteiger partial charge is 0.399 e. The lowest BCUT2D eigenvalue weighted by Crippen LogP contribution is -2.29. The second kappa shape index (κ2) is 11.9. The third-order valence-electron chi connectivity index (χ3n) is 7.78. The van der Waals surface area contributed by atoms with Crippen molar-refractivity contribution in [2.75, 3.05) is 17.7 Å². The minimum atomic E-state index is -1.28. The summed E-state index contributed by atoms with van der Waals surface area (Å²) in [6.45, 7) is 11.6. The van der Waals surface area contributed by atoms with Crippen LogP contribution in [0.3, 0.4) is 0 Å². The van der Waals surface area contributed by atoms with E-state index >= 15 is 0 Å². The molecule has 0 saturated heterocycles. The number of hydrogen-bond acceptors (Lipinski definition) is 7. The van der Waals surface area contributed by atoms with Crippen LogP contribution in [0.4, 0.5) is 15.9 Å². The van der Waals surface area contributed by atoms with Crippen molar-refractivity contribution in [3.8, 4) is 16.8 Å². The number of hydrogen-bond donors (Lipinski definition) is 2. The smallest absolute Gasteiger partial charge is 0.282 e. The molecule has 0 radical (unpaired) electrons. The van der Waals surface area contributed by atoms with E-state index in [4.69, 9.17) is 15.6 Å². The molecule has 1 atom stereocenters. The van der Waals surface area contributed by atoms with Gasteiger partial charge in [0, 0.05) is 38.3 Å². The van der Waals surface area contributed by atoms with Crippen molar-refractivity contribution in [3.63, 3.8) is 0 Å². The van der Waals surface area contributed by atoms with E-state index in [2.05, 4.69) is 34.9 Å². The Morgan fingerprint density at radius 2 is 1.87 bits per heavy atom. The number of benzene rings is 2. The Hall–Kier alpha value is -4.81. The van der Waals surface area contributed by atoms with Crippen molar-refractivity contribution in [2.24, 2.45) is 0 Å². The molecule has 12 heteroatoms. The molecule has 0 aliphatic heterocycles. The predicted octanol–water partition coefficient (Wildman–Crippen LogP) is 6.41. The Labute approximate surface area is 261 Å². The molecule has 0 bridgehead atoms. The maximum atomic E-state index is 14.6. The third-order valence-corrected chi connectivity index (χ3v) is 9.48. The number of halogens is 1. The Kier molecular flexibility index (Phi) is 8.02. The van der Waals surface area contributed by atoms with Crippen LogP contribution >= 0.6 is 0 Å². The van der Waals surface area contributed by atoms with Gasteiger partial charge in [-0.05, 0) is 67.4 Å². The summed E-state index contributed by atoms with van der Waals surface area (Å²) in [6.07, 6.45) is 5.16. The van der Waals surface area contributed by atoms with Crippen LogP contribution in [0.5, 0.6) is 0 Å². The maximum absolute atomic E-state index is 14.6. The first-order valence-corrected chi connectivity index (χ1v) is 18.6. The van der Waals surface area contributed by atoms with Crippen molar-refractivity contribution < 1.29 is 9.13 Å². The van der Waals surface area contributed by atoms with E-state index in [1.165, 1.54) is 18.5 Å². The second-order valence-corrected chi connectivity index (χ2v) is 18.2. The molecule has 3 N–H and O–H groups in total. The van der Waals surface area contributed by atoms with Gasteiger partial charge in [0.2, 0.25) is 0 Å². The first kappa shape index (κ1) is 30.2. The molecular formula is C33H37FN8O2Si. The van der Waals surface area contributed by atoms with Gasteiger partial charge in [-0.3, -0.25) is 9.36 Å². The molecule has 45 heavy (non-hydrogen) atoms. The SMILES string of the molecule is Cc1ccn2nc(C(C)Nc3ncnc4c3c(-c3cc(N)cc(F)c3)cn4COCC[Si](C)(C)C)n(-c3ccccc3)c(=O)c12. The number of aryl methyl sites for hydroxylation is 1. The highest BCUT2D eigenvalue weighted by molar-refractivity contribution is 6.76. The minimum Gasteiger partial charge on any atom is -0.399 e. The van der Waals surface area contributed by atoms with Crippen LogP contribution < -0.4 is 16.6 Å². The number of nitrogens with one attached hydrogen (secondary N) is 1. The monoisotopic (exact) mass is 624 g/mol. The summed E-state index contributed by atoms with van der Waals surface area (Å²) >= 11 is 0. The van der Waals surface area contributed by atoms with Crippen molar-refractivity contribution in [1.29, 1.82) is 0 Å². The molecule has 2 aromatic carbocycles. The number of nitrogens with zero attached hydrogens (tertiary/aromatic N) is 6. The molecule has 6 aromatic rings. The van der Waals surface area contributed by atoms with E-state index < -0.39 is 19.9 Å². The highest BCUT2D eigenvalue weighted by atomic mass is 28.3. The maximum Gasteiger partial charge on any atom is 0.282 e. The topological polar surface area (TPSA) is 117 Å². The molecule has 0 amide bonds. The van der Waals surface area contributed by atoms with Gasteiger partial charge in [0.05, 0.1) is 17.1 Å². The summed E-state index contributed by atoms with van der Waals surface area (Å²) < 4.78 is 25.8. The number of nitrogens with two attached hydrogens (primary N) is 1. The van der Waals surface area contributed by atoms with Crippen molar-refractivity contribution in [2.45, 2.75) is 52.3 Å². The van der Waals surface area contributed by atoms with Gasteiger partial charge in [-0.2, -0.15) is 5.10 Å². The normalized spacial score (nSPS) is 12.7. The lowest BCUT2D eigenvalue weighted by atomic mass is 10.0. The number of aromatic nitrogens is 6. The fraction of sp³-hybridized carbons (Fsp3) is 0.273. The summed E-state index contributed by atoms with van der Waals surface area (Å²) in [4.78, 5) is 23.1. The van der Waals surface area contributed by atoms with Gasteiger partial charge in [0.1, 0.15) is 35.9 Å². The van der Waals surface area contributed by atoms with Crippen LogP contribution in [0.25, 0.3) is 33.4 Å². The van der Waals surface area contributed by atoms with Crippen LogP contribution in [0, 0.1) is 12.7 Å². The standard InChI is InChI=1S/C33H37FN8O2Si/c1-21-11-12-41-29(21)33(43)42(26-9-7-6-8-10-26)31(39-41)22(2)38-30-28-27(23-15-24(34)17-25(35)16-23)18-40(32(28)37-19-36-30)20-44-13-14-45(3,4)5/h6-12,15-19,22H,13-14,20,35H2,1-5H3,(H,36,37,38). The predicted molar refractivity (Wildman–Crippen MR) is 179 cm³/mol. The average Bonchev–Trinajstić information content (AvgIpc) is 3.56. The van der Waals surface area contributed by atoms with Gasteiger partial charge < -0.3 is 20.4 Å². The zero-order chi connectivity index (χ0) is 31.9. The molecule has 0 saturated carbocycles. The number of ether oxygens (including phenoxy) is 1. The van der Waals surface area contributed by atoms with E-state index in [0.717, 1.165) is 11.6 Å². The van der Waals surface area contributed by atoms with Crippen LogP contribution in [-0.2, 0) is 11.5 Å². The van der Waals surface area contributed by atoms with Gasteiger partial charge >= 0.3 is 0 Å². The van der Waals surface area contributed by atoms with Crippen LogP contribution in [-0.4, -0.2) is 43.4 Å². The van der Waals surface area contributed by atoms with Gasteiger partial charge in [-0.1, -0.05) is 37.8 Å². The molecule has 0 fully saturated rings. The fourth-order valence-corrected chi connectivity index (χ4v) is 6.22. The number of rotatable bonds is 10. The summed E-state index contributed by atoms with van der Waals surface area (Å²) in [5.74, 6) is 0.555.